The first-order chi connectivity index (χ1) is 13.3. The van der Waals surface area contributed by atoms with Crippen LogP contribution in [-0.4, -0.2) is 5.43 Å². The van der Waals surface area contributed by atoms with E-state index in [1.165, 1.54) is 38.6 Å². The number of fused-ring (bicyclic) bond motifs is 1. The summed E-state index contributed by atoms with van der Waals surface area (Å²) in [6.07, 6.45) is 3.36. The van der Waals surface area contributed by atoms with E-state index in [0.29, 0.717) is 5.92 Å². The molecular weight excluding hydrogens is 503 g/mol. The minimum absolute atomic E-state index is 0. The van der Waals surface area contributed by atoms with Gasteiger partial charge in [0.1, 0.15) is 0 Å². The molecule has 0 heterocycles. The second kappa shape index (κ2) is 14.3. The van der Waals surface area contributed by atoms with Gasteiger partial charge in [0.2, 0.25) is 0 Å². The Morgan fingerprint density at radius 3 is 1.90 bits per heavy atom. The van der Waals surface area contributed by atoms with Crippen LogP contribution in [0.1, 0.15) is 27.7 Å². The van der Waals surface area contributed by atoms with Crippen molar-refractivity contribution in [1.82, 2.24) is 0 Å². The largest absolute Gasteiger partial charge is 1.00 e. The summed E-state index contributed by atoms with van der Waals surface area (Å²) in [4.78, 5) is 0. The van der Waals surface area contributed by atoms with E-state index in [9.17, 15) is 0 Å². The molecule has 30 heavy (non-hydrogen) atoms. The Bertz CT molecular complexity index is 996. The Morgan fingerprint density at radius 1 is 0.900 bits per heavy atom. The van der Waals surface area contributed by atoms with Crippen LogP contribution in [0.2, 0.25) is 13.1 Å². The van der Waals surface area contributed by atoms with Crippen LogP contribution < -0.4 is 24.8 Å². The van der Waals surface area contributed by atoms with E-state index in [-0.39, 0.29) is 30.2 Å². The molecule has 0 fully saturated rings. The maximum Gasteiger partial charge on any atom is -0.0623 e. The predicted octanol–water partition coefficient (Wildman–Crippen LogP) is 1.74. The molecule has 3 aromatic carbocycles. The smallest absolute Gasteiger partial charge is 0.0623 e. The Hall–Kier alpha value is -0.790. The molecule has 1 aliphatic carbocycles. The van der Waals surface area contributed by atoms with Crippen LogP contribution >= 0.6 is 0 Å². The van der Waals surface area contributed by atoms with E-state index in [0.717, 1.165) is 0 Å². The molecule has 1 aliphatic rings. The van der Waals surface area contributed by atoms with Gasteiger partial charge in [-0.2, -0.15) is 11.1 Å². The molecule has 0 bridgehead atoms. The number of benzene rings is 2. The second-order valence-electron chi connectivity index (χ2n) is 7.50. The molecule has 1 atom stereocenters. The van der Waals surface area contributed by atoms with Gasteiger partial charge in [0, 0.05) is 0 Å². The first-order valence-corrected chi connectivity index (χ1v) is 16.0. The average Bonchev–Trinajstić information content (AvgIpc) is 3.20. The fourth-order valence-electron chi connectivity index (χ4n) is 3.18. The molecule has 0 amide bonds. The van der Waals surface area contributed by atoms with Gasteiger partial charge in [-0.25, -0.2) is 5.57 Å². The minimum atomic E-state index is 0. The van der Waals surface area contributed by atoms with E-state index in [1.807, 2.05) is 0 Å². The van der Waals surface area contributed by atoms with Gasteiger partial charge in [-0.05, 0) is 0 Å². The molecule has 0 radical (unpaired) electrons. The summed E-state index contributed by atoms with van der Waals surface area (Å²) >= 11 is 1.74. The number of rotatable bonds is 1. The minimum Gasteiger partial charge on any atom is -1.00 e. The number of allylic oxidation sites excluding steroid dienone is 4. The topological polar surface area (TPSA) is 0 Å². The molecular formula is C26H30Cl2SiZr-2. The maximum atomic E-state index is 3.36. The van der Waals surface area contributed by atoms with E-state index in [2.05, 4.69) is 114 Å². The van der Waals surface area contributed by atoms with Crippen molar-refractivity contribution in [3.63, 3.8) is 0 Å². The molecule has 0 saturated carbocycles. The molecule has 4 rings (SSSR count). The third-order valence-electron chi connectivity index (χ3n) is 5.00. The number of halogens is 2. The van der Waals surface area contributed by atoms with Gasteiger partial charge >= 0.3 is 41.9 Å². The average molecular weight is 533 g/mol. The van der Waals surface area contributed by atoms with Crippen molar-refractivity contribution < 1.29 is 48.1 Å². The van der Waals surface area contributed by atoms with Crippen molar-refractivity contribution in [2.75, 3.05) is 0 Å². The van der Waals surface area contributed by atoms with Gasteiger partial charge in [0.15, 0.2) is 0 Å². The van der Waals surface area contributed by atoms with Gasteiger partial charge in [0.05, 0.1) is 0 Å². The van der Waals surface area contributed by atoms with Gasteiger partial charge in [-0.3, -0.25) is 6.08 Å². The summed E-state index contributed by atoms with van der Waals surface area (Å²) in [5.74, 6) is 0.560. The van der Waals surface area contributed by atoms with E-state index in [1.54, 1.807) is 23.3 Å². The fourth-order valence-corrected chi connectivity index (χ4v) is 3.18. The van der Waals surface area contributed by atoms with Crippen LogP contribution in [0.25, 0.3) is 21.9 Å². The Morgan fingerprint density at radius 2 is 1.43 bits per heavy atom. The van der Waals surface area contributed by atoms with Crippen molar-refractivity contribution in [2.24, 2.45) is 5.92 Å². The van der Waals surface area contributed by atoms with Gasteiger partial charge in [-0.15, -0.1) is 53.6 Å². The number of hydrogen-bond acceptors (Lipinski definition) is 0. The summed E-state index contributed by atoms with van der Waals surface area (Å²) in [6.45, 7) is 13.3. The molecule has 0 nitrogen and oxygen atoms in total. The molecule has 158 valence electrons. The van der Waals surface area contributed by atoms with Crippen LogP contribution in [0.15, 0.2) is 83.4 Å². The SMILES string of the molecule is CC1=[C-]C(C)C(C)=C1C.C[Si](C)=[Zr+2].[Cl-].[Cl-].c1ccc(-c2c[cH-]c3ccccc23)cc1. The summed E-state index contributed by atoms with van der Waals surface area (Å²) in [5, 5.41) is 2.65. The fraction of sp³-hybridized carbons (Fsp3) is 0.269. The quantitative estimate of drug-likeness (QED) is 0.331. The zero-order valence-corrected chi connectivity index (χ0v) is 23.7. The van der Waals surface area contributed by atoms with Crippen molar-refractivity contribution >= 4 is 16.2 Å². The monoisotopic (exact) mass is 530 g/mol. The first kappa shape index (κ1) is 29.2. The van der Waals surface area contributed by atoms with Crippen LogP contribution in [0, 0.1) is 12.0 Å². The Kier molecular flexibility index (Phi) is 13.9. The van der Waals surface area contributed by atoms with Gasteiger partial charge in [-0.1, -0.05) is 68.7 Å². The predicted molar refractivity (Wildman–Crippen MR) is 122 cm³/mol. The maximum absolute atomic E-state index is 3.36. The van der Waals surface area contributed by atoms with Crippen molar-refractivity contribution in [2.45, 2.75) is 40.8 Å². The normalized spacial score (nSPS) is 14.4. The van der Waals surface area contributed by atoms with Crippen LogP contribution in [0.4, 0.5) is 0 Å². The number of hydrogen-bond donors (Lipinski definition) is 0. The summed E-state index contributed by atoms with van der Waals surface area (Å²) in [6, 6.07) is 23.4. The van der Waals surface area contributed by atoms with Crippen molar-refractivity contribution in [1.29, 1.82) is 0 Å². The molecule has 4 heteroatoms. The van der Waals surface area contributed by atoms with Crippen molar-refractivity contribution in [3.05, 3.63) is 89.5 Å². The van der Waals surface area contributed by atoms with Gasteiger partial charge in [0.25, 0.3) is 0 Å². The Balaban J connectivity index is 0.000000486. The summed E-state index contributed by atoms with van der Waals surface area (Å²) < 4.78 is 0. The van der Waals surface area contributed by atoms with Gasteiger partial charge < -0.3 is 24.8 Å². The molecule has 0 aliphatic heterocycles. The summed E-state index contributed by atoms with van der Waals surface area (Å²) in [7, 11) is 0. The standard InChI is InChI=1S/C15H11.C9H13.C2H6Si.2ClH.Zr/c1-2-6-12(7-3-1)15-11-10-13-8-4-5-9-14(13)15;1-6-5-7(2)9(4)8(6)3;1-3-2;;;/h1-11H;6H,1-4H3;1-2H3;2*1H;/q2*-1;;;;+2/p-2. The van der Waals surface area contributed by atoms with E-state index in [4.69, 9.17) is 0 Å². The second-order valence-corrected chi connectivity index (χ2v) is 16.9. The molecule has 0 N–H and O–H groups in total. The zero-order chi connectivity index (χ0) is 20.7. The van der Waals surface area contributed by atoms with Crippen LogP contribution in [-0.2, 0) is 23.3 Å². The molecule has 0 spiro atoms. The van der Waals surface area contributed by atoms with Crippen molar-refractivity contribution in [3.8, 4) is 11.1 Å². The van der Waals surface area contributed by atoms with Crippen LogP contribution in [0.3, 0.4) is 0 Å². The zero-order valence-electron chi connectivity index (χ0n) is 18.7. The molecule has 0 aromatic heterocycles. The van der Waals surface area contributed by atoms with E-state index < -0.39 is 0 Å². The van der Waals surface area contributed by atoms with Crippen LogP contribution in [0.5, 0.6) is 0 Å². The summed E-state index contributed by atoms with van der Waals surface area (Å²) in [5.41, 5.74) is 7.07. The third kappa shape index (κ3) is 8.39. The third-order valence-corrected chi connectivity index (χ3v) is 5.00. The first-order valence-electron chi connectivity index (χ1n) is 9.80. The molecule has 0 saturated heterocycles. The molecule has 3 aromatic rings. The van der Waals surface area contributed by atoms with E-state index >= 15 is 0 Å². The molecule has 1 unspecified atom stereocenters. The Labute approximate surface area is 210 Å².